The molecular formula is C12H10FIN2O2S. The number of halogens is 2. The lowest BCUT2D eigenvalue weighted by Gasteiger charge is -2.05. The van der Waals surface area contributed by atoms with Gasteiger partial charge in [-0.25, -0.2) is 14.2 Å². The van der Waals surface area contributed by atoms with Crippen LogP contribution in [0.25, 0.3) is 0 Å². The van der Waals surface area contributed by atoms with Gasteiger partial charge in [-0.2, -0.15) is 0 Å². The van der Waals surface area contributed by atoms with Crippen molar-refractivity contribution in [2.75, 3.05) is 12.4 Å². The van der Waals surface area contributed by atoms with Gasteiger partial charge < -0.3 is 10.1 Å². The van der Waals surface area contributed by atoms with Crippen LogP contribution >= 0.6 is 33.9 Å². The highest BCUT2D eigenvalue weighted by Gasteiger charge is 2.16. The lowest BCUT2D eigenvalue weighted by molar-refractivity contribution is 0.0594. The molecular weight excluding hydrogens is 382 g/mol. The number of hydrogen-bond donors (Lipinski definition) is 1. The van der Waals surface area contributed by atoms with E-state index in [0.717, 1.165) is 4.88 Å². The summed E-state index contributed by atoms with van der Waals surface area (Å²) in [6.45, 7) is 1.78. The summed E-state index contributed by atoms with van der Waals surface area (Å²) in [4.78, 5) is 16.4. The highest BCUT2D eigenvalue weighted by Crippen LogP contribution is 2.29. The van der Waals surface area contributed by atoms with Crippen molar-refractivity contribution in [3.8, 4) is 0 Å². The number of thiazole rings is 1. The smallest absolute Gasteiger partial charge is 0.357 e. The van der Waals surface area contributed by atoms with Gasteiger partial charge in [-0.3, -0.25) is 0 Å². The molecule has 0 saturated carbocycles. The Balaban J connectivity index is 2.29. The summed E-state index contributed by atoms with van der Waals surface area (Å²) in [5, 5.41) is 3.53. The Kier molecular flexibility index (Phi) is 4.35. The molecule has 4 nitrogen and oxygen atoms in total. The molecule has 0 fully saturated rings. The van der Waals surface area contributed by atoms with Crippen molar-refractivity contribution in [3.63, 3.8) is 0 Å². The summed E-state index contributed by atoms with van der Waals surface area (Å²) in [6.07, 6.45) is 0. The summed E-state index contributed by atoms with van der Waals surface area (Å²) in [5.74, 6) is -0.775. The predicted molar refractivity (Wildman–Crippen MR) is 80.6 cm³/mol. The molecule has 1 N–H and O–H groups in total. The van der Waals surface area contributed by atoms with Crippen LogP contribution in [0.4, 0.5) is 15.2 Å². The van der Waals surface area contributed by atoms with Crippen LogP contribution < -0.4 is 5.32 Å². The fourth-order valence-corrected chi connectivity index (χ4v) is 2.76. The number of ether oxygens (including phenoxy) is 1. The van der Waals surface area contributed by atoms with Gasteiger partial charge in [-0.1, -0.05) is 6.07 Å². The number of methoxy groups -OCH3 is 1. The number of aromatic nitrogens is 1. The Morgan fingerprint density at radius 2 is 2.26 bits per heavy atom. The number of esters is 1. The second-order valence-corrected chi connectivity index (χ2v) is 5.92. The van der Waals surface area contributed by atoms with E-state index in [0.29, 0.717) is 14.4 Å². The minimum absolute atomic E-state index is 0.279. The second kappa shape index (κ2) is 5.83. The Bertz CT molecular complexity index is 630. The highest BCUT2D eigenvalue weighted by atomic mass is 127. The highest BCUT2D eigenvalue weighted by molar-refractivity contribution is 14.1. The van der Waals surface area contributed by atoms with E-state index in [-0.39, 0.29) is 11.5 Å². The second-order valence-electron chi connectivity index (χ2n) is 3.64. The summed E-state index contributed by atoms with van der Waals surface area (Å²) in [7, 11) is 1.31. The molecule has 0 spiro atoms. The van der Waals surface area contributed by atoms with Crippen LogP contribution in [-0.2, 0) is 4.74 Å². The van der Waals surface area contributed by atoms with E-state index in [1.807, 2.05) is 22.6 Å². The summed E-state index contributed by atoms with van der Waals surface area (Å²) in [6, 6.07) is 4.75. The average Bonchev–Trinajstić information content (AvgIpc) is 2.75. The molecule has 100 valence electrons. The number of aryl methyl sites for hydroxylation is 1. The van der Waals surface area contributed by atoms with Gasteiger partial charge in [0, 0.05) is 4.88 Å². The Morgan fingerprint density at radius 1 is 1.53 bits per heavy atom. The van der Waals surface area contributed by atoms with E-state index in [1.54, 1.807) is 19.1 Å². The van der Waals surface area contributed by atoms with Crippen molar-refractivity contribution in [1.29, 1.82) is 0 Å². The maximum atomic E-state index is 13.4. The minimum atomic E-state index is -0.476. The van der Waals surface area contributed by atoms with Crippen LogP contribution in [-0.4, -0.2) is 18.1 Å². The van der Waals surface area contributed by atoms with Crippen molar-refractivity contribution in [2.45, 2.75) is 6.92 Å². The molecule has 1 heterocycles. The number of carbonyl (C=O) groups is 1. The van der Waals surface area contributed by atoms with Gasteiger partial charge in [0.1, 0.15) is 5.82 Å². The molecule has 0 saturated heterocycles. The molecule has 1 aromatic heterocycles. The number of carbonyl (C=O) groups excluding carboxylic acids is 1. The number of rotatable bonds is 3. The average molecular weight is 392 g/mol. The third-order valence-electron chi connectivity index (χ3n) is 2.37. The first kappa shape index (κ1) is 14.2. The minimum Gasteiger partial charge on any atom is -0.464 e. The SMILES string of the molecule is COC(=O)c1nc(Nc2cccc(F)c2I)sc1C. The number of anilines is 2. The van der Waals surface area contributed by atoms with Crippen LogP contribution in [0.5, 0.6) is 0 Å². The molecule has 2 rings (SSSR count). The van der Waals surface area contributed by atoms with Crippen LogP contribution in [0, 0.1) is 16.3 Å². The standard InChI is InChI=1S/C12H10FIN2O2S/c1-6-10(11(17)18-2)16-12(19-6)15-8-5-3-4-7(13)9(8)14/h3-5H,1-2H3,(H,15,16). The molecule has 0 amide bonds. The Hall–Kier alpha value is -1.22. The van der Waals surface area contributed by atoms with Crippen molar-refractivity contribution < 1.29 is 13.9 Å². The lowest BCUT2D eigenvalue weighted by atomic mass is 10.3. The zero-order valence-corrected chi connectivity index (χ0v) is 13.1. The van der Waals surface area contributed by atoms with Crippen molar-refractivity contribution in [3.05, 3.63) is 38.2 Å². The normalized spacial score (nSPS) is 10.3. The predicted octanol–water partition coefficient (Wildman–Crippen LogP) is 3.73. The number of hydrogen-bond acceptors (Lipinski definition) is 5. The number of nitrogens with one attached hydrogen (secondary N) is 1. The monoisotopic (exact) mass is 392 g/mol. The molecule has 0 atom stereocenters. The maximum Gasteiger partial charge on any atom is 0.357 e. The van der Waals surface area contributed by atoms with Crippen LogP contribution in [0.2, 0.25) is 0 Å². The van der Waals surface area contributed by atoms with Crippen LogP contribution in [0.3, 0.4) is 0 Å². The first-order valence-electron chi connectivity index (χ1n) is 5.29. The molecule has 19 heavy (non-hydrogen) atoms. The van der Waals surface area contributed by atoms with Gasteiger partial charge in [-0.05, 0) is 41.6 Å². The van der Waals surface area contributed by atoms with E-state index in [9.17, 15) is 9.18 Å². The van der Waals surface area contributed by atoms with Crippen molar-refractivity contribution >= 4 is 50.7 Å². The van der Waals surface area contributed by atoms with Crippen molar-refractivity contribution in [1.82, 2.24) is 4.98 Å². The Labute approximate surface area is 127 Å². The molecule has 7 heteroatoms. The Morgan fingerprint density at radius 3 is 2.95 bits per heavy atom. The van der Waals surface area contributed by atoms with Crippen LogP contribution in [0.15, 0.2) is 18.2 Å². The van der Waals surface area contributed by atoms with Crippen LogP contribution in [0.1, 0.15) is 15.4 Å². The molecule has 0 aliphatic carbocycles. The summed E-state index contributed by atoms with van der Waals surface area (Å²) >= 11 is 3.23. The van der Waals surface area contributed by atoms with Gasteiger partial charge in [0.05, 0.1) is 16.4 Å². The van der Waals surface area contributed by atoms with E-state index in [2.05, 4.69) is 15.0 Å². The molecule has 2 aromatic rings. The number of benzene rings is 1. The molecule has 0 aliphatic heterocycles. The zero-order chi connectivity index (χ0) is 14.0. The largest absolute Gasteiger partial charge is 0.464 e. The maximum absolute atomic E-state index is 13.4. The van der Waals surface area contributed by atoms with Gasteiger partial charge in [-0.15, -0.1) is 11.3 Å². The van der Waals surface area contributed by atoms with E-state index in [4.69, 9.17) is 0 Å². The lowest BCUT2D eigenvalue weighted by Crippen LogP contribution is -2.03. The molecule has 0 aliphatic rings. The van der Waals surface area contributed by atoms with Gasteiger partial charge in [0.2, 0.25) is 0 Å². The first-order chi connectivity index (χ1) is 9.02. The topological polar surface area (TPSA) is 51.2 Å². The van der Waals surface area contributed by atoms with E-state index in [1.165, 1.54) is 24.5 Å². The third kappa shape index (κ3) is 3.03. The van der Waals surface area contributed by atoms with Gasteiger partial charge >= 0.3 is 5.97 Å². The van der Waals surface area contributed by atoms with Gasteiger partial charge in [0.15, 0.2) is 10.8 Å². The fraction of sp³-hybridized carbons (Fsp3) is 0.167. The summed E-state index contributed by atoms with van der Waals surface area (Å²) < 4.78 is 18.5. The van der Waals surface area contributed by atoms with E-state index < -0.39 is 5.97 Å². The summed E-state index contributed by atoms with van der Waals surface area (Å²) in [5.41, 5.74) is 0.896. The number of nitrogens with zero attached hydrogens (tertiary/aromatic N) is 1. The quantitative estimate of drug-likeness (QED) is 0.639. The van der Waals surface area contributed by atoms with Crippen molar-refractivity contribution in [2.24, 2.45) is 0 Å². The third-order valence-corrected chi connectivity index (χ3v) is 4.35. The molecule has 1 aromatic carbocycles. The van der Waals surface area contributed by atoms with Gasteiger partial charge in [0.25, 0.3) is 0 Å². The molecule has 0 bridgehead atoms. The molecule has 0 radical (unpaired) electrons. The van der Waals surface area contributed by atoms with E-state index >= 15 is 0 Å². The fourth-order valence-electron chi connectivity index (χ4n) is 1.45. The first-order valence-corrected chi connectivity index (χ1v) is 7.19. The zero-order valence-electron chi connectivity index (χ0n) is 10.2. The molecule has 0 unspecified atom stereocenters.